The van der Waals surface area contributed by atoms with E-state index in [4.69, 9.17) is 10.8 Å². The second-order valence-electron chi connectivity index (χ2n) is 6.60. The van der Waals surface area contributed by atoms with Gasteiger partial charge in [0.1, 0.15) is 6.10 Å². The first-order chi connectivity index (χ1) is 11.0. The lowest BCUT2D eigenvalue weighted by Gasteiger charge is -2.44. The molecule has 0 aliphatic rings. The molecule has 2 aromatic carbocycles. The van der Waals surface area contributed by atoms with Crippen LogP contribution in [0, 0.1) is 12.3 Å². The van der Waals surface area contributed by atoms with Crippen LogP contribution in [0.5, 0.6) is 0 Å². The normalized spacial score (nSPS) is 13.1. The Morgan fingerprint density at radius 1 is 1.00 bits per heavy atom. The van der Waals surface area contributed by atoms with E-state index in [0.29, 0.717) is 0 Å². The molecule has 0 saturated heterocycles. The minimum atomic E-state index is -2.57. The van der Waals surface area contributed by atoms with Gasteiger partial charge in [-0.15, -0.1) is 6.42 Å². The number of rotatable bonds is 5. The molecule has 0 aromatic heterocycles. The van der Waals surface area contributed by atoms with Gasteiger partial charge in [-0.2, -0.15) is 0 Å². The van der Waals surface area contributed by atoms with Crippen molar-refractivity contribution in [1.29, 1.82) is 0 Å². The zero-order valence-electron chi connectivity index (χ0n) is 14.1. The average Bonchev–Trinajstić information content (AvgIpc) is 2.57. The topological polar surface area (TPSA) is 9.23 Å². The molecule has 0 saturated carbocycles. The van der Waals surface area contributed by atoms with Crippen LogP contribution in [0.1, 0.15) is 20.8 Å². The van der Waals surface area contributed by atoms with Crippen LogP contribution in [0.15, 0.2) is 73.3 Å². The Labute approximate surface area is 141 Å². The molecule has 0 spiro atoms. The SMILES string of the molecule is C#C[C@@H](C=C)O[Si](c1ccccc1)(c1ccccc1)C(C)(C)C. The third-order valence-corrected chi connectivity index (χ3v) is 9.11. The maximum Gasteiger partial charge on any atom is 0.263 e. The standard InChI is InChI=1S/C21H24OSi/c1-6-18(7-2)22-23(21(3,4)5,19-14-10-8-11-15-19)20-16-12-9-13-17-20/h1,7-18H,2H2,3-5H3/t18-/m0/s1. The third kappa shape index (κ3) is 3.31. The zero-order valence-corrected chi connectivity index (χ0v) is 15.1. The van der Waals surface area contributed by atoms with Crippen LogP contribution in [-0.2, 0) is 4.43 Å². The van der Waals surface area contributed by atoms with Gasteiger partial charge in [-0.25, -0.2) is 0 Å². The summed E-state index contributed by atoms with van der Waals surface area (Å²) in [6, 6.07) is 20.9. The van der Waals surface area contributed by atoms with Gasteiger partial charge >= 0.3 is 0 Å². The molecule has 0 bridgehead atoms. The average molecular weight is 321 g/mol. The van der Waals surface area contributed by atoms with Crippen molar-refractivity contribution in [2.45, 2.75) is 31.9 Å². The fourth-order valence-electron chi connectivity index (χ4n) is 3.03. The summed E-state index contributed by atoms with van der Waals surface area (Å²) in [5, 5.41) is 2.37. The van der Waals surface area contributed by atoms with Crippen LogP contribution in [0.3, 0.4) is 0 Å². The van der Waals surface area contributed by atoms with E-state index >= 15 is 0 Å². The Hall–Kier alpha value is -2.08. The highest BCUT2D eigenvalue weighted by Gasteiger charge is 2.51. The molecule has 118 valence electrons. The van der Waals surface area contributed by atoms with Crippen LogP contribution < -0.4 is 10.4 Å². The summed E-state index contributed by atoms with van der Waals surface area (Å²) >= 11 is 0. The first-order valence-electron chi connectivity index (χ1n) is 7.83. The summed E-state index contributed by atoms with van der Waals surface area (Å²) in [7, 11) is -2.57. The monoisotopic (exact) mass is 320 g/mol. The van der Waals surface area contributed by atoms with E-state index in [1.165, 1.54) is 10.4 Å². The summed E-state index contributed by atoms with van der Waals surface area (Å²) in [4.78, 5) is 0. The first kappa shape index (κ1) is 17.3. The van der Waals surface area contributed by atoms with Crippen molar-refractivity contribution in [1.82, 2.24) is 0 Å². The molecule has 2 rings (SSSR count). The second-order valence-corrected chi connectivity index (χ2v) is 10.9. The van der Waals surface area contributed by atoms with Gasteiger partial charge in [0.25, 0.3) is 8.32 Å². The van der Waals surface area contributed by atoms with E-state index in [-0.39, 0.29) is 5.04 Å². The van der Waals surface area contributed by atoms with Crippen molar-refractivity contribution in [3.63, 3.8) is 0 Å². The maximum atomic E-state index is 6.66. The molecule has 1 nitrogen and oxygen atoms in total. The van der Waals surface area contributed by atoms with Gasteiger partial charge in [0.05, 0.1) is 0 Å². The largest absolute Gasteiger partial charge is 0.390 e. The van der Waals surface area contributed by atoms with Crippen molar-refractivity contribution in [3.05, 3.63) is 73.3 Å². The zero-order chi connectivity index (χ0) is 16.9. The van der Waals surface area contributed by atoms with Crippen molar-refractivity contribution in [2.75, 3.05) is 0 Å². The molecule has 2 aromatic rings. The van der Waals surface area contributed by atoms with E-state index in [1.807, 2.05) is 12.1 Å². The van der Waals surface area contributed by atoms with Gasteiger partial charge in [-0.05, 0) is 15.4 Å². The van der Waals surface area contributed by atoms with Gasteiger partial charge in [-0.3, -0.25) is 0 Å². The lowest BCUT2D eigenvalue weighted by molar-refractivity contribution is 0.285. The maximum absolute atomic E-state index is 6.66. The predicted molar refractivity (Wildman–Crippen MR) is 102 cm³/mol. The first-order valence-corrected chi connectivity index (χ1v) is 9.74. The molecule has 0 unspecified atom stereocenters. The van der Waals surface area contributed by atoms with E-state index in [2.05, 4.69) is 81.8 Å². The van der Waals surface area contributed by atoms with Gasteiger partial charge in [0, 0.05) is 0 Å². The fraction of sp³-hybridized carbons (Fsp3) is 0.238. The van der Waals surface area contributed by atoms with E-state index in [1.54, 1.807) is 6.08 Å². The molecule has 0 radical (unpaired) electrons. The minimum Gasteiger partial charge on any atom is -0.390 e. The number of benzene rings is 2. The van der Waals surface area contributed by atoms with Crippen LogP contribution in [0.2, 0.25) is 5.04 Å². The second kappa shape index (κ2) is 7.00. The highest BCUT2D eigenvalue weighted by molar-refractivity contribution is 6.99. The van der Waals surface area contributed by atoms with Gasteiger partial charge in [0.2, 0.25) is 0 Å². The van der Waals surface area contributed by atoms with Crippen molar-refractivity contribution in [3.8, 4) is 12.3 Å². The lowest BCUT2D eigenvalue weighted by atomic mass is 10.2. The molecule has 0 fully saturated rings. The summed E-state index contributed by atoms with van der Waals surface area (Å²) in [6.45, 7) is 10.5. The number of hydrogen-bond acceptors (Lipinski definition) is 1. The Balaban J connectivity index is 2.75. The van der Waals surface area contributed by atoms with Gasteiger partial charge < -0.3 is 4.43 Å². The van der Waals surface area contributed by atoms with E-state index in [0.717, 1.165) is 0 Å². The number of hydrogen-bond donors (Lipinski definition) is 0. The third-order valence-electron chi connectivity index (χ3n) is 4.10. The van der Waals surface area contributed by atoms with Gasteiger partial charge in [0.15, 0.2) is 0 Å². The van der Waals surface area contributed by atoms with Crippen LogP contribution in [-0.4, -0.2) is 14.4 Å². The highest BCUT2D eigenvalue weighted by atomic mass is 28.4. The summed E-state index contributed by atoms with van der Waals surface area (Å²) < 4.78 is 6.66. The van der Waals surface area contributed by atoms with Crippen molar-refractivity contribution >= 4 is 18.7 Å². The molecule has 0 aliphatic carbocycles. The molecule has 0 aliphatic heterocycles. The van der Waals surface area contributed by atoms with Gasteiger partial charge in [-0.1, -0.05) is 100 Å². The smallest absolute Gasteiger partial charge is 0.263 e. The summed E-state index contributed by atoms with van der Waals surface area (Å²) in [5.74, 6) is 2.71. The predicted octanol–water partition coefficient (Wildman–Crippen LogP) is 3.75. The van der Waals surface area contributed by atoms with E-state index < -0.39 is 14.4 Å². The van der Waals surface area contributed by atoms with Crippen LogP contribution in [0.25, 0.3) is 0 Å². The van der Waals surface area contributed by atoms with Crippen molar-refractivity contribution in [2.24, 2.45) is 0 Å². The molecule has 0 N–H and O–H groups in total. The van der Waals surface area contributed by atoms with E-state index in [9.17, 15) is 0 Å². The minimum absolute atomic E-state index is 0.0756. The molecule has 2 heteroatoms. The Kier molecular flexibility index (Phi) is 5.25. The highest BCUT2D eigenvalue weighted by Crippen LogP contribution is 2.37. The number of terminal acetylenes is 1. The molecule has 23 heavy (non-hydrogen) atoms. The quantitative estimate of drug-likeness (QED) is 0.463. The molecule has 1 atom stereocenters. The summed E-state index contributed by atoms with van der Waals surface area (Å²) in [6.07, 6.45) is 6.97. The molecular weight excluding hydrogens is 296 g/mol. The van der Waals surface area contributed by atoms with Crippen LogP contribution >= 0.6 is 0 Å². The molecule has 0 heterocycles. The van der Waals surface area contributed by atoms with Crippen molar-refractivity contribution < 1.29 is 4.43 Å². The van der Waals surface area contributed by atoms with Crippen LogP contribution in [0.4, 0.5) is 0 Å². The lowest BCUT2D eigenvalue weighted by Crippen LogP contribution is -2.67. The molecular formula is C21H24OSi. The fourth-order valence-corrected chi connectivity index (χ4v) is 7.59. The Bertz CT molecular complexity index is 638. The Morgan fingerprint density at radius 3 is 1.74 bits per heavy atom. The molecule has 0 amide bonds. The summed E-state index contributed by atoms with van der Waals surface area (Å²) in [5.41, 5.74) is 0. The Morgan fingerprint density at radius 2 is 1.43 bits per heavy atom.